The fourth-order valence-electron chi connectivity index (χ4n) is 1.94. The number of carbonyl (C=O) groups is 5. The van der Waals surface area contributed by atoms with E-state index in [9.17, 15) is 24.0 Å². The van der Waals surface area contributed by atoms with Gasteiger partial charge in [0.1, 0.15) is 17.0 Å². The lowest BCUT2D eigenvalue weighted by Crippen LogP contribution is -2.26. The van der Waals surface area contributed by atoms with E-state index in [2.05, 4.69) is 21.9 Å². The molecule has 11 nitrogen and oxygen atoms in total. The third-order valence-electron chi connectivity index (χ3n) is 3.07. The Kier molecular flexibility index (Phi) is 19.3. The van der Waals surface area contributed by atoms with Crippen molar-refractivity contribution in [2.24, 2.45) is 5.73 Å². The second-order valence-electron chi connectivity index (χ2n) is 7.67. The summed E-state index contributed by atoms with van der Waals surface area (Å²) in [5, 5.41) is 10.7. The number of carboxylic acid groups (broad SMARTS) is 1. The number of Topliss-reactive ketones (excluding diaryl/α,β-unsaturated/α-hetero) is 1. The quantitative estimate of drug-likeness (QED) is 0.131. The number of ketones is 1. The molecule has 0 aromatic carbocycles. The zero-order chi connectivity index (χ0) is 28.3. The molecule has 0 saturated heterocycles. The minimum absolute atomic E-state index is 0.0204. The number of hydrogen-bond acceptors (Lipinski definition) is 11. The average molecular weight is 569 g/mol. The van der Waals surface area contributed by atoms with Crippen LogP contribution in [-0.4, -0.2) is 69.4 Å². The lowest BCUT2D eigenvalue weighted by atomic mass is 10.2. The van der Waals surface area contributed by atoms with Crippen LogP contribution in [0, 0.1) is 0 Å². The van der Waals surface area contributed by atoms with Crippen molar-refractivity contribution in [3.63, 3.8) is 0 Å². The largest absolute Gasteiger partial charge is 0.481 e. The number of nitrogens with zero attached hydrogens (tertiary/aromatic N) is 1. The molecular weight excluding hydrogens is 536 g/mol. The number of carboxylic acids is 1. The van der Waals surface area contributed by atoms with Crippen molar-refractivity contribution in [1.82, 2.24) is 4.98 Å². The number of esters is 3. The molecule has 0 aliphatic rings. The van der Waals surface area contributed by atoms with Gasteiger partial charge < -0.3 is 25.1 Å². The Morgan fingerprint density at radius 3 is 2.03 bits per heavy atom. The van der Waals surface area contributed by atoms with Crippen LogP contribution in [0.4, 0.5) is 0 Å². The van der Waals surface area contributed by atoms with Gasteiger partial charge in [-0.05, 0) is 34.6 Å². The van der Waals surface area contributed by atoms with Crippen LogP contribution in [-0.2, 0) is 51.0 Å². The molecule has 1 heterocycles. The molecule has 0 saturated carbocycles. The monoisotopic (exact) mass is 568 g/mol. The molecule has 0 aliphatic carbocycles. The van der Waals surface area contributed by atoms with Crippen LogP contribution in [0.1, 0.15) is 58.2 Å². The molecule has 1 aromatic heterocycles. The van der Waals surface area contributed by atoms with Gasteiger partial charge >= 0.3 is 23.9 Å². The minimum atomic E-state index is -0.924. The highest BCUT2D eigenvalue weighted by Gasteiger charge is 2.16. The Bertz CT molecular complexity index is 883. The SMILES string of the molecule is CC(C)(C)OC(=O)CC(N)=S.CCOC(=O)CC(=O)CCl.CCOC(=O)Cc1csc(CC(=O)O)n1. The molecule has 0 amide bonds. The number of ether oxygens (including phenoxy) is 3. The summed E-state index contributed by atoms with van der Waals surface area (Å²) >= 11 is 10.9. The van der Waals surface area contributed by atoms with Crippen LogP contribution >= 0.6 is 35.2 Å². The molecule has 0 fully saturated rings. The van der Waals surface area contributed by atoms with Gasteiger partial charge in [-0.2, -0.15) is 0 Å². The first-order valence-electron chi connectivity index (χ1n) is 10.7. The topological polar surface area (TPSA) is 172 Å². The first-order valence-corrected chi connectivity index (χ1v) is 12.5. The molecule has 0 spiro atoms. The van der Waals surface area contributed by atoms with Gasteiger partial charge in [-0.15, -0.1) is 22.9 Å². The van der Waals surface area contributed by atoms with E-state index in [4.69, 9.17) is 31.9 Å². The highest BCUT2D eigenvalue weighted by atomic mass is 35.5. The summed E-state index contributed by atoms with van der Waals surface area (Å²) in [6, 6.07) is 0. The zero-order valence-corrected chi connectivity index (χ0v) is 23.3. The molecular formula is C22H33ClN2O9S2. The summed E-state index contributed by atoms with van der Waals surface area (Å²) in [6.45, 7) is 9.44. The molecule has 0 radical (unpaired) electrons. The van der Waals surface area contributed by atoms with Gasteiger partial charge in [0.15, 0.2) is 5.78 Å². The van der Waals surface area contributed by atoms with Crippen molar-refractivity contribution >= 4 is 69.8 Å². The van der Waals surface area contributed by atoms with E-state index in [1.807, 2.05) is 0 Å². The van der Waals surface area contributed by atoms with Crippen molar-refractivity contribution in [3.8, 4) is 0 Å². The molecule has 0 aliphatic heterocycles. The Morgan fingerprint density at radius 1 is 1.03 bits per heavy atom. The molecule has 204 valence electrons. The molecule has 1 aromatic rings. The van der Waals surface area contributed by atoms with Gasteiger partial charge in [0.2, 0.25) is 0 Å². The molecule has 14 heteroatoms. The highest BCUT2D eigenvalue weighted by Crippen LogP contribution is 2.11. The van der Waals surface area contributed by atoms with Crippen molar-refractivity contribution in [2.45, 2.75) is 65.9 Å². The summed E-state index contributed by atoms with van der Waals surface area (Å²) in [5.41, 5.74) is 5.25. The van der Waals surface area contributed by atoms with E-state index in [0.717, 1.165) is 0 Å². The average Bonchev–Trinajstić information content (AvgIpc) is 3.12. The van der Waals surface area contributed by atoms with Crippen molar-refractivity contribution in [1.29, 1.82) is 0 Å². The second-order valence-corrected chi connectivity index (χ2v) is 9.40. The van der Waals surface area contributed by atoms with Gasteiger partial charge in [0.25, 0.3) is 0 Å². The van der Waals surface area contributed by atoms with Crippen LogP contribution in [0.25, 0.3) is 0 Å². The van der Waals surface area contributed by atoms with Crippen LogP contribution in [0.3, 0.4) is 0 Å². The summed E-state index contributed by atoms with van der Waals surface area (Å²) in [7, 11) is 0. The van der Waals surface area contributed by atoms with E-state index >= 15 is 0 Å². The number of aromatic nitrogens is 1. The third-order valence-corrected chi connectivity index (χ3v) is 4.41. The van der Waals surface area contributed by atoms with Crippen LogP contribution in [0.2, 0.25) is 0 Å². The van der Waals surface area contributed by atoms with E-state index in [0.29, 0.717) is 23.9 Å². The van der Waals surface area contributed by atoms with Gasteiger partial charge in [0.05, 0.1) is 49.0 Å². The Morgan fingerprint density at radius 2 is 1.58 bits per heavy atom. The maximum atomic E-state index is 11.1. The Balaban J connectivity index is 0. The number of aliphatic carboxylic acids is 1. The number of carbonyl (C=O) groups excluding carboxylic acids is 4. The molecule has 0 unspecified atom stereocenters. The summed E-state index contributed by atoms with van der Waals surface area (Å²) in [5.74, 6) is -2.58. The normalized spacial score (nSPS) is 9.94. The fourth-order valence-corrected chi connectivity index (χ4v) is 2.94. The number of thiazole rings is 1. The molecule has 36 heavy (non-hydrogen) atoms. The predicted octanol–water partition coefficient (Wildman–Crippen LogP) is 2.63. The van der Waals surface area contributed by atoms with Gasteiger partial charge in [-0.25, -0.2) is 4.98 Å². The standard InChI is InChI=1S/C9H11NO4S.C7H13NO2S.C6H9ClO3/c1-2-14-9(13)3-6-5-15-7(10-6)4-8(11)12;1-7(2,3)10-6(9)4-5(8)11;1-2-10-6(9)3-5(8)4-7/h5H,2-4H2,1H3,(H,11,12);4H2,1-3H3,(H2,8,11);2-4H2,1H3. The summed E-state index contributed by atoms with van der Waals surface area (Å²) in [6.07, 6.45) is -0.193. The van der Waals surface area contributed by atoms with Crippen LogP contribution < -0.4 is 5.73 Å². The molecule has 0 atom stereocenters. The van der Waals surface area contributed by atoms with E-state index < -0.39 is 17.5 Å². The minimum Gasteiger partial charge on any atom is -0.481 e. The number of thiocarbonyl (C=S) groups is 1. The van der Waals surface area contributed by atoms with E-state index in [-0.39, 0.29) is 54.3 Å². The van der Waals surface area contributed by atoms with Gasteiger partial charge in [-0.3, -0.25) is 24.0 Å². The van der Waals surface area contributed by atoms with Crippen molar-refractivity contribution in [2.75, 3.05) is 19.1 Å². The number of halogens is 1. The summed E-state index contributed by atoms with van der Waals surface area (Å²) < 4.78 is 14.2. The lowest BCUT2D eigenvalue weighted by Gasteiger charge is -2.18. The molecule has 0 bridgehead atoms. The number of nitrogens with two attached hydrogens (primary N) is 1. The summed E-state index contributed by atoms with van der Waals surface area (Å²) in [4.78, 5) is 57.5. The highest BCUT2D eigenvalue weighted by molar-refractivity contribution is 7.80. The van der Waals surface area contributed by atoms with Crippen molar-refractivity contribution in [3.05, 3.63) is 16.1 Å². The van der Waals surface area contributed by atoms with Gasteiger partial charge in [-0.1, -0.05) is 12.2 Å². The first-order chi connectivity index (χ1) is 16.6. The molecule has 1 rings (SSSR count). The Hall–Kier alpha value is -2.64. The van der Waals surface area contributed by atoms with Crippen LogP contribution in [0.15, 0.2) is 5.38 Å². The predicted molar refractivity (Wildman–Crippen MR) is 138 cm³/mol. The third kappa shape index (κ3) is 23.1. The first kappa shape index (κ1) is 35.5. The van der Waals surface area contributed by atoms with E-state index in [1.54, 1.807) is 40.0 Å². The number of rotatable bonds is 11. The lowest BCUT2D eigenvalue weighted by molar-refractivity contribution is -0.153. The van der Waals surface area contributed by atoms with Crippen LogP contribution in [0.5, 0.6) is 0 Å². The number of hydrogen-bond donors (Lipinski definition) is 2. The second kappa shape index (κ2) is 19.5. The molecule has 3 N–H and O–H groups in total. The van der Waals surface area contributed by atoms with E-state index in [1.165, 1.54) is 11.3 Å². The fraction of sp³-hybridized carbons (Fsp3) is 0.591. The maximum absolute atomic E-state index is 11.1. The smallest absolute Gasteiger partial charge is 0.313 e. The maximum Gasteiger partial charge on any atom is 0.313 e. The zero-order valence-electron chi connectivity index (χ0n) is 21.0. The van der Waals surface area contributed by atoms with Gasteiger partial charge in [0, 0.05) is 5.38 Å². The Labute approximate surface area is 224 Å². The number of alkyl halides is 1. The van der Waals surface area contributed by atoms with Crippen molar-refractivity contribution < 1.29 is 43.3 Å².